The van der Waals surface area contributed by atoms with Crippen LogP contribution in [0.3, 0.4) is 0 Å². The highest BCUT2D eigenvalue weighted by molar-refractivity contribution is 5.91. The van der Waals surface area contributed by atoms with Gasteiger partial charge in [0.1, 0.15) is 5.54 Å². The van der Waals surface area contributed by atoms with Gasteiger partial charge in [0, 0.05) is 26.1 Å². The zero-order valence-electron chi connectivity index (χ0n) is 13.1. The number of nitrogens with one attached hydrogen (secondary N) is 2. The van der Waals surface area contributed by atoms with Crippen molar-refractivity contribution in [2.75, 3.05) is 26.7 Å². The maximum atomic E-state index is 12.8. The predicted molar refractivity (Wildman–Crippen MR) is 80.4 cm³/mol. The van der Waals surface area contributed by atoms with E-state index in [-0.39, 0.29) is 11.8 Å². The van der Waals surface area contributed by atoms with Crippen LogP contribution in [0.5, 0.6) is 0 Å². The minimum Gasteiger partial charge on any atom is -0.342 e. The van der Waals surface area contributed by atoms with Crippen molar-refractivity contribution >= 4 is 11.8 Å². The minimum absolute atomic E-state index is 0.0262. The molecule has 0 aromatic rings. The van der Waals surface area contributed by atoms with Crippen molar-refractivity contribution in [3.8, 4) is 0 Å². The third kappa shape index (κ3) is 4.20. The molecule has 0 unspecified atom stereocenters. The van der Waals surface area contributed by atoms with Gasteiger partial charge in [0.2, 0.25) is 11.8 Å². The smallest absolute Gasteiger partial charge is 0.248 e. The monoisotopic (exact) mass is 283 g/mol. The van der Waals surface area contributed by atoms with Gasteiger partial charge in [0.15, 0.2) is 0 Å². The van der Waals surface area contributed by atoms with E-state index in [1.165, 1.54) is 0 Å². The summed E-state index contributed by atoms with van der Waals surface area (Å²) in [5, 5.41) is 6.01. The van der Waals surface area contributed by atoms with Gasteiger partial charge in [-0.05, 0) is 33.7 Å². The minimum atomic E-state index is -0.658. The topological polar surface area (TPSA) is 61.4 Å². The summed E-state index contributed by atoms with van der Waals surface area (Å²) in [7, 11) is 1.82. The van der Waals surface area contributed by atoms with Gasteiger partial charge >= 0.3 is 0 Å². The first-order chi connectivity index (χ1) is 9.59. The molecule has 1 aliphatic carbocycles. The molecule has 0 aromatic heterocycles. The summed E-state index contributed by atoms with van der Waals surface area (Å²) in [6.45, 7) is 6.01. The van der Waals surface area contributed by atoms with Crippen LogP contribution in [0.4, 0.5) is 0 Å². The molecular formula is C15H29N3O2. The number of carbonyl (C=O) groups excluding carboxylic acids is 2. The molecule has 1 fully saturated rings. The number of hydrogen-bond donors (Lipinski definition) is 2. The Bertz CT molecular complexity index is 321. The van der Waals surface area contributed by atoms with E-state index in [0.717, 1.165) is 32.1 Å². The van der Waals surface area contributed by atoms with Crippen LogP contribution in [0.1, 0.15) is 52.4 Å². The van der Waals surface area contributed by atoms with Crippen LogP contribution in [0.15, 0.2) is 0 Å². The molecule has 0 saturated heterocycles. The van der Waals surface area contributed by atoms with E-state index in [9.17, 15) is 9.59 Å². The van der Waals surface area contributed by atoms with Crippen LogP contribution in [0, 0.1) is 0 Å². The molecule has 1 aliphatic rings. The summed E-state index contributed by atoms with van der Waals surface area (Å²) in [5.41, 5.74) is -0.658. The molecule has 1 rings (SSSR count). The average molecular weight is 283 g/mol. The summed E-state index contributed by atoms with van der Waals surface area (Å²) < 4.78 is 0. The molecule has 0 aliphatic heterocycles. The van der Waals surface area contributed by atoms with Gasteiger partial charge < -0.3 is 15.5 Å². The summed E-state index contributed by atoms with van der Waals surface area (Å²) in [6, 6.07) is 0. The summed E-state index contributed by atoms with van der Waals surface area (Å²) in [6.07, 6.45) is 5.14. The number of rotatable bonds is 7. The van der Waals surface area contributed by atoms with Crippen molar-refractivity contribution in [3.05, 3.63) is 0 Å². The van der Waals surface area contributed by atoms with E-state index in [1.807, 2.05) is 25.8 Å². The maximum Gasteiger partial charge on any atom is 0.248 e. The van der Waals surface area contributed by atoms with Gasteiger partial charge in [-0.1, -0.05) is 19.3 Å². The van der Waals surface area contributed by atoms with Gasteiger partial charge in [0.25, 0.3) is 0 Å². The van der Waals surface area contributed by atoms with Crippen LogP contribution >= 0.6 is 0 Å². The van der Waals surface area contributed by atoms with Gasteiger partial charge in [-0.3, -0.25) is 9.59 Å². The molecule has 0 bridgehead atoms. The molecular weight excluding hydrogens is 254 g/mol. The summed E-state index contributed by atoms with van der Waals surface area (Å²) in [4.78, 5) is 26.7. The first-order valence-corrected chi connectivity index (χ1v) is 7.84. The Morgan fingerprint density at radius 1 is 1.10 bits per heavy atom. The van der Waals surface area contributed by atoms with Crippen LogP contribution in [-0.4, -0.2) is 48.9 Å². The predicted octanol–water partition coefficient (Wildman–Crippen LogP) is 1.28. The SMILES string of the molecule is CCN(CC)C(=O)C1(NC(=O)CCNC)CCCCC1. The lowest BCUT2D eigenvalue weighted by molar-refractivity contribution is -0.143. The maximum absolute atomic E-state index is 12.8. The lowest BCUT2D eigenvalue weighted by Gasteiger charge is -2.40. The van der Waals surface area contributed by atoms with Crippen LogP contribution in [0.2, 0.25) is 0 Å². The molecule has 0 spiro atoms. The molecule has 0 radical (unpaired) electrons. The fourth-order valence-electron chi connectivity index (χ4n) is 2.93. The highest BCUT2D eigenvalue weighted by Gasteiger charge is 2.42. The number of likely N-dealkylation sites (N-methyl/N-ethyl adjacent to an activating group) is 1. The third-order valence-electron chi connectivity index (χ3n) is 4.15. The molecule has 1 saturated carbocycles. The summed E-state index contributed by atoms with van der Waals surface area (Å²) >= 11 is 0. The second-order valence-corrected chi connectivity index (χ2v) is 5.52. The average Bonchev–Trinajstić information content (AvgIpc) is 2.47. The van der Waals surface area contributed by atoms with Gasteiger partial charge in [-0.25, -0.2) is 0 Å². The largest absolute Gasteiger partial charge is 0.342 e. The van der Waals surface area contributed by atoms with E-state index in [4.69, 9.17) is 0 Å². The molecule has 116 valence electrons. The Morgan fingerprint density at radius 2 is 1.70 bits per heavy atom. The third-order valence-corrected chi connectivity index (χ3v) is 4.15. The molecule has 2 N–H and O–H groups in total. The molecule has 5 heteroatoms. The van der Waals surface area contributed by atoms with E-state index in [2.05, 4.69) is 10.6 Å². The fourth-order valence-corrected chi connectivity index (χ4v) is 2.93. The van der Waals surface area contributed by atoms with Crippen molar-refractivity contribution in [1.29, 1.82) is 0 Å². The van der Waals surface area contributed by atoms with Crippen LogP contribution < -0.4 is 10.6 Å². The van der Waals surface area contributed by atoms with Crippen LogP contribution in [0.25, 0.3) is 0 Å². The zero-order chi connectivity index (χ0) is 15.0. The molecule has 0 aromatic carbocycles. The molecule has 0 heterocycles. The van der Waals surface area contributed by atoms with Crippen molar-refractivity contribution in [2.45, 2.75) is 57.9 Å². The van der Waals surface area contributed by atoms with E-state index >= 15 is 0 Å². The van der Waals surface area contributed by atoms with Crippen molar-refractivity contribution in [1.82, 2.24) is 15.5 Å². The van der Waals surface area contributed by atoms with E-state index in [0.29, 0.717) is 26.1 Å². The van der Waals surface area contributed by atoms with E-state index in [1.54, 1.807) is 0 Å². The number of amides is 2. The van der Waals surface area contributed by atoms with E-state index < -0.39 is 5.54 Å². The van der Waals surface area contributed by atoms with Gasteiger partial charge in [-0.2, -0.15) is 0 Å². The lowest BCUT2D eigenvalue weighted by Crippen LogP contribution is -2.60. The second kappa shape index (κ2) is 8.25. The second-order valence-electron chi connectivity index (χ2n) is 5.52. The number of hydrogen-bond acceptors (Lipinski definition) is 3. The van der Waals surface area contributed by atoms with Crippen molar-refractivity contribution < 1.29 is 9.59 Å². The Morgan fingerprint density at radius 3 is 2.20 bits per heavy atom. The number of nitrogens with zero attached hydrogens (tertiary/aromatic N) is 1. The quantitative estimate of drug-likeness (QED) is 0.740. The van der Waals surface area contributed by atoms with Crippen molar-refractivity contribution in [2.24, 2.45) is 0 Å². The number of carbonyl (C=O) groups is 2. The Balaban J connectivity index is 2.80. The first-order valence-electron chi connectivity index (χ1n) is 7.84. The Hall–Kier alpha value is -1.10. The van der Waals surface area contributed by atoms with Gasteiger partial charge in [0.05, 0.1) is 0 Å². The Labute approximate surface area is 122 Å². The van der Waals surface area contributed by atoms with Crippen LogP contribution in [-0.2, 0) is 9.59 Å². The standard InChI is InChI=1S/C15H29N3O2/c1-4-18(5-2)14(20)15(10-7-6-8-11-15)17-13(19)9-12-16-3/h16H,4-12H2,1-3H3,(H,17,19). The fraction of sp³-hybridized carbons (Fsp3) is 0.867. The first kappa shape index (κ1) is 17.0. The zero-order valence-corrected chi connectivity index (χ0v) is 13.1. The molecule has 2 amide bonds. The molecule has 20 heavy (non-hydrogen) atoms. The molecule has 5 nitrogen and oxygen atoms in total. The summed E-state index contributed by atoms with van der Waals surface area (Å²) in [5.74, 6) is 0.0711. The normalized spacial score (nSPS) is 17.6. The lowest BCUT2D eigenvalue weighted by atomic mass is 9.80. The Kier molecular flexibility index (Phi) is 6.99. The van der Waals surface area contributed by atoms with Gasteiger partial charge in [-0.15, -0.1) is 0 Å². The highest BCUT2D eigenvalue weighted by atomic mass is 16.2. The molecule has 0 atom stereocenters. The highest BCUT2D eigenvalue weighted by Crippen LogP contribution is 2.30. The van der Waals surface area contributed by atoms with Crippen molar-refractivity contribution in [3.63, 3.8) is 0 Å².